The van der Waals surface area contributed by atoms with Gasteiger partial charge in [-0.3, -0.25) is 4.40 Å². The predicted octanol–water partition coefficient (Wildman–Crippen LogP) is 5.82. The van der Waals surface area contributed by atoms with Crippen molar-refractivity contribution in [3.63, 3.8) is 0 Å². The smallest absolute Gasteiger partial charge is 0.150 e. The molecule has 0 unspecified atom stereocenters. The van der Waals surface area contributed by atoms with Gasteiger partial charge in [0.25, 0.3) is 0 Å². The molecule has 4 N–H and O–H groups in total. The number of hydrogen-bond donors (Lipinski definition) is 2. The second kappa shape index (κ2) is 9.12. The maximum Gasteiger partial charge on any atom is 0.150 e. The van der Waals surface area contributed by atoms with Crippen LogP contribution in [0.15, 0.2) is 73.1 Å². The van der Waals surface area contributed by atoms with Crippen molar-refractivity contribution in [1.29, 1.82) is 0 Å². The molecule has 3 aromatic heterocycles. The van der Waals surface area contributed by atoms with Crippen LogP contribution < -0.4 is 11.5 Å². The van der Waals surface area contributed by atoms with E-state index in [1.807, 2.05) is 24.4 Å². The van der Waals surface area contributed by atoms with Crippen molar-refractivity contribution < 1.29 is 0 Å². The van der Waals surface area contributed by atoms with Gasteiger partial charge in [-0.05, 0) is 56.7 Å². The number of rotatable bonds is 5. The molecule has 0 atom stereocenters. The lowest BCUT2D eigenvalue weighted by Crippen LogP contribution is -2.18. The van der Waals surface area contributed by atoms with Crippen LogP contribution in [0.5, 0.6) is 0 Å². The minimum atomic E-state index is 0.412. The molecule has 1 fully saturated rings. The monoisotopic (exact) mass is 462 g/mol. The molecule has 0 bridgehead atoms. The highest BCUT2D eigenvalue weighted by Crippen LogP contribution is 2.39. The van der Waals surface area contributed by atoms with Gasteiger partial charge in [-0.25, -0.2) is 15.0 Å². The second-order valence-electron chi connectivity index (χ2n) is 9.61. The van der Waals surface area contributed by atoms with Gasteiger partial charge in [0.2, 0.25) is 0 Å². The van der Waals surface area contributed by atoms with Crippen LogP contribution in [-0.2, 0) is 0 Å². The Morgan fingerprint density at radius 1 is 0.886 bits per heavy atom. The molecule has 2 aromatic carbocycles. The maximum atomic E-state index is 6.41. The van der Waals surface area contributed by atoms with Crippen molar-refractivity contribution >= 4 is 22.2 Å². The van der Waals surface area contributed by atoms with Gasteiger partial charge in [0.15, 0.2) is 0 Å². The van der Waals surface area contributed by atoms with Crippen molar-refractivity contribution in [2.75, 3.05) is 12.3 Å². The van der Waals surface area contributed by atoms with Crippen LogP contribution in [-0.4, -0.2) is 25.9 Å². The Hall–Kier alpha value is -3.77. The molecule has 3 heterocycles. The molecule has 6 rings (SSSR count). The van der Waals surface area contributed by atoms with E-state index in [1.54, 1.807) is 6.20 Å². The lowest BCUT2D eigenvalue weighted by molar-refractivity contribution is 0.307. The van der Waals surface area contributed by atoms with E-state index in [9.17, 15) is 0 Å². The first-order chi connectivity index (χ1) is 17.2. The first-order valence-corrected chi connectivity index (χ1v) is 12.5. The molecule has 1 aliphatic rings. The third kappa shape index (κ3) is 4.04. The van der Waals surface area contributed by atoms with Crippen molar-refractivity contribution in [3.05, 3.63) is 78.9 Å². The lowest BCUT2D eigenvalue weighted by atomic mass is 9.80. The number of imidazole rings is 1. The largest absolute Gasteiger partial charge is 0.382 e. The van der Waals surface area contributed by atoms with Crippen LogP contribution in [0, 0.1) is 5.92 Å². The van der Waals surface area contributed by atoms with Gasteiger partial charge in [0.1, 0.15) is 22.9 Å². The molecule has 0 amide bonds. The number of pyridine rings is 1. The average Bonchev–Trinajstić information content (AvgIpc) is 3.30. The van der Waals surface area contributed by atoms with Gasteiger partial charge in [-0.1, -0.05) is 48.5 Å². The zero-order valence-corrected chi connectivity index (χ0v) is 19.8. The van der Waals surface area contributed by atoms with Crippen LogP contribution in [0.25, 0.3) is 38.9 Å². The molecule has 1 aliphatic carbocycles. The van der Waals surface area contributed by atoms with Gasteiger partial charge in [0, 0.05) is 34.8 Å². The molecule has 176 valence electrons. The van der Waals surface area contributed by atoms with Gasteiger partial charge in [-0.15, -0.1) is 0 Å². The van der Waals surface area contributed by atoms with Crippen molar-refractivity contribution in [2.45, 2.75) is 38.0 Å². The topological polar surface area (TPSA) is 95.1 Å². The van der Waals surface area contributed by atoms with Gasteiger partial charge in [0.05, 0.1) is 11.2 Å². The van der Waals surface area contributed by atoms with E-state index in [1.165, 1.54) is 12.8 Å². The summed E-state index contributed by atoms with van der Waals surface area (Å²) in [6.07, 6.45) is 9.55. The van der Waals surface area contributed by atoms with E-state index in [0.717, 1.165) is 76.5 Å². The molecular weight excluding hydrogens is 432 g/mol. The van der Waals surface area contributed by atoms with E-state index >= 15 is 0 Å². The average molecular weight is 463 g/mol. The summed E-state index contributed by atoms with van der Waals surface area (Å²) in [6, 6.07) is 20.8. The fraction of sp³-hybridized carbons (Fsp3) is 0.276. The summed E-state index contributed by atoms with van der Waals surface area (Å²) in [5, 5.41) is 1.10. The molecule has 6 nitrogen and oxygen atoms in total. The summed E-state index contributed by atoms with van der Waals surface area (Å²) < 4.78 is 2.16. The van der Waals surface area contributed by atoms with E-state index in [-0.39, 0.29) is 0 Å². The zero-order valence-electron chi connectivity index (χ0n) is 19.8. The Bertz CT molecular complexity index is 1480. The fourth-order valence-electron chi connectivity index (χ4n) is 5.56. The minimum Gasteiger partial charge on any atom is -0.382 e. The van der Waals surface area contributed by atoms with Crippen molar-refractivity contribution in [3.8, 4) is 22.5 Å². The van der Waals surface area contributed by atoms with Crippen LogP contribution in [0.1, 0.15) is 43.8 Å². The molecule has 0 saturated heterocycles. The van der Waals surface area contributed by atoms with Gasteiger partial charge in [-0.2, -0.15) is 0 Å². The van der Waals surface area contributed by atoms with Crippen LogP contribution in [0.3, 0.4) is 0 Å². The standard InChI is InChI=1S/C29H30N6/c30-15-14-19-6-8-22(9-7-19)29-34-26(27-28(31)32-16-17-35(27)29)23-11-10-21-12-13-24(33-25(21)18-23)20-4-2-1-3-5-20/h1-5,10-13,16-19,22H,6-9,14-15,30H2,(H2,31,32). The molecule has 0 aliphatic heterocycles. The number of hydrogen-bond acceptors (Lipinski definition) is 5. The highest BCUT2D eigenvalue weighted by atomic mass is 15.1. The van der Waals surface area contributed by atoms with Gasteiger partial charge >= 0.3 is 0 Å². The summed E-state index contributed by atoms with van der Waals surface area (Å²) in [6.45, 7) is 0.774. The number of anilines is 1. The Balaban J connectivity index is 1.43. The number of aromatic nitrogens is 4. The fourth-order valence-corrected chi connectivity index (χ4v) is 5.56. The molecule has 5 aromatic rings. The molecular formula is C29H30N6. The van der Waals surface area contributed by atoms with Gasteiger partial charge < -0.3 is 11.5 Å². The normalized spacial score (nSPS) is 18.3. The molecule has 0 radical (unpaired) electrons. The molecule has 35 heavy (non-hydrogen) atoms. The quantitative estimate of drug-likeness (QED) is 0.343. The van der Waals surface area contributed by atoms with Crippen molar-refractivity contribution in [2.24, 2.45) is 11.7 Å². The number of nitrogens with two attached hydrogens (primary N) is 2. The van der Waals surface area contributed by atoms with E-state index in [2.05, 4.69) is 51.8 Å². The highest BCUT2D eigenvalue weighted by Gasteiger charge is 2.27. The summed E-state index contributed by atoms with van der Waals surface area (Å²) in [5.41, 5.74) is 18.0. The number of fused-ring (bicyclic) bond motifs is 2. The summed E-state index contributed by atoms with van der Waals surface area (Å²) in [5.74, 6) is 2.74. The van der Waals surface area contributed by atoms with E-state index < -0.39 is 0 Å². The minimum absolute atomic E-state index is 0.412. The summed E-state index contributed by atoms with van der Waals surface area (Å²) in [7, 11) is 0. The van der Waals surface area contributed by atoms with Crippen molar-refractivity contribution in [1.82, 2.24) is 19.4 Å². The molecule has 1 saturated carbocycles. The Morgan fingerprint density at radius 2 is 1.69 bits per heavy atom. The molecule has 0 spiro atoms. The number of nitrogen functional groups attached to an aromatic ring is 1. The first kappa shape index (κ1) is 21.7. The Kier molecular flexibility index (Phi) is 5.66. The van der Waals surface area contributed by atoms with Crippen LogP contribution in [0.2, 0.25) is 0 Å². The maximum absolute atomic E-state index is 6.41. The highest BCUT2D eigenvalue weighted by molar-refractivity contribution is 5.91. The van der Waals surface area contributed by atoms with E-state index in [0.29, 0.717) is 11.7 Å². The third-order valence-electron chi connectivity index (χ3n) is 7.43. The number of benzene rings is 2. The first-order valence-electron chi connectivity index (χ1n) is 12.5. The summed E-state index contributed by atoms with van der Waals surface area (Å²) in [4.78, 5) is 14.5. The third-order valence-corrected chi connectivity index (χ3v) is 7.43. The second-order valence-corrected chi connectivity index (χ2v) is 9.61. The van der Waals surface area contributed by atoms with Crippen LogP contribution >= 0.6 is 0 Å². The zero-order chi connectivity index (χ0) is 23.8. The summed E-state index contributed by atoms with van der Waals surface area (Å²) >= 11 is 0. The number of nitrogens with zero attached hydrogens (tertiary/aromatic N) is 4. The SMILES string of the molecule is NCCC1CCC(c2nc(-c3ccc4ccc(-c5ccccc5)nc4c3)c3c(N)nccn23)CC1. The Labute approximate surface area is 205 Å². The lowest BCUT2D eigenvalue weighted by Gasteiger charge is -2.27. The van der Waals surface area contributed by atoms with E-state index in [4.69, 9.17) is 21.4 Å². The Morgan fingerprint density at radius 3 is 2.49 bits per heavy atom. The predicted molar refractivity (Wildman–Crippen MR) is 142 cm³/mol. The van der Waals surface area contributed by atoms with Crippen LogP contribution in [0.4, 0.5) is 5.82 Å². The molecule has 6 heteroatoms.